The van der Waals surface area contributed by atoms with Gasteiger partial charge in [-0.3, -0.25) is 14.5 Å². The van der Waals surface area contributed by atoms with E-state index in [9.17, 15) is 14.4 Å². The van der Waals surface area contributed by atoms with Crippen LogP contribution in [0.15, 0.2) is 24.3 Å². The van der Waals surface area contributed by atoms with Gasteiger partial charge in [-0.25, -0.2) is 4.79 Å². The lowest BCUT2D eigenvalue weighted by Crippen LogP contribution is -2.46. The van der Waals surface area contributed by atoms with Gasteiger partial charge in [0.2, 0.25) is 5.91 Å². The van der Waals surface area contributed by atoms with E-state index in [0.29, 0.717) is 30.8 Å². The van der Waals surface area contributed by atoms with Gasteiger partial charge in [-0.1, -0.05) is 38.3 Å². The molecule has 7 heteroatoms. The van der Waals surface area contributed by atoms with E-state index in [1.807, 2.05) is 6.92 Å². The largest absolute Gasteiger partial charge is 0.497 e. The highest BCUT2D eigenvalue weighted by atomic mass is 16.5. The molecule has 1 aromatic rings. The van der Waals surface area contributed by atoms with Gasteiger partial charge < -0.3 is 15.0 Å². The number of hydrogen-bond acceptors (Lipinski definition) is 4. The van der Waals surface area contributed by atoms with Crippen molar-refractivity contribution in [1.82, 2.24) is 15.1 Å². The summed E-state index contributed by atoms with van der Waals surface area (Å²) in [6.07, 6.45) is 5.77. The van der Waals surface area contributed by atoms with Gasteiger partial charge in [0.15, 0.2) is 0 Å². The lowest BCUT2D eigenvalue weighted by atomic mass is 9.87. The molecule has 2 heterocycles. The predicted octanol–water partition coefficient (Wildman–Crippen LogP) is 2.65. The van der Waals surface area contributed by atoms with Crippen LogP contribution in [0.3, 0.4) is 0 Å². The summed E-state index contributed by atoms with van der Waals surface area (Å²) in [5.41, 5.74) is -0.449. The average Bonchev–Trinajstić information content (AvgIpc) is 2.93. The number of carbonyl (C=O) groups is 3. The van der Waals surface area contributed by atoms with Crippen molar-refractivity contribution in [3.8, 4) is 5.75 Å². The van der Waals surface area contributed by atoms with Crippen LogP contribution in [0.2, 0.25) is 0 Å². The van der Waals surface area contributed by atoms with E-state index in [-0.39, 0.29) is 18.4 Å². The first kappa shape index (κ1) is 20.2. The van der Waals surface area contributed by atoms with Gasteiger partial charge in [-0.15, -0.1) is 0 Å². The van der Waals surface area contributed by atoms with E-state index in [4.69, 9.17) is 4.74 Å². The summed E-state index contributed by atoms with van der Waals surface area (Å²) in [6, 6.07) is 6.58. The Bertz CT molecular complexity index is 726. The van der Waals surface area contributed by atoms with E-state index in [1.54, 1.807) is 36.3 Å². The molecule has 2 aliphatic rings. The van der Waals surface area contributed by atoms with Gasteiger partial charge in [-0.05, 0) is 37.0 Å². The summed E-state index contributed by atoms with van der Waals surface area (Å²) in [6.45, 7) is 3.04. The van der Waals surface area contributed by atoms with Crippen molar-refractivity contribution >= 4 is 17.8 Å². The number of ether oxygens (including phenoxy) is 1. The lowest BCUT2D eigenvalue weighted by Gasteiger charge is -2.28. The monoisotopic (exact) mass is 387 g/mol. The molecule has 7 nitrogen and oxygen atoms in total. The fourth-order valence-corrected chi connectivity index (χ4v) is 4.02. The van der Waals surface area contributed by atoms with Gasteiger partial charge >= 0.3 is 6.03 Å². The van der Waals surface area contributed by atoms with Crippen LogP contribution in [-0.4, -0.2) is 54.4 Å². The number of imide groups is 1. The molecule has 2 aliphatic heterocycles. The Morgan fingerprint density at radius 2 is 1.68 bits per heavy atom. The Morgan fingerprint density at radius 1 is 1.07 bits per heavy atom. The first-order chi connectivity index (χ1) is 13.5. The first-order valence-corrected chi connectivity index (χ1v) is 10.1. The Morgan fingerprint density at radius 3 is 2.25 bits per heavy atom. The molecule has 1 atom stereocenters. The Hall–Kier alpha value is -2.57. The summed E-state index contributed by atoms with van der Waals surface area (Å²) in [5.74, 6) is 0.147. The molecule has 0 spiro atoms. The third-order valence-electron chi connectivity index (χ3n) is 5.79. The zero-order valence-electron chi connectivity index (χ0n) is 16.7. The van der Waals surface area contributed by atoms with E-state index < -0.39 is 11.6 Å². The van der Waals surface area contributed by atoms with E-state index in [1.165, 1.54) is 6.42 Å². The molecule has 2 saturated heterocycles. The number of rotatable bonds is 5. The second-order valence-corrected chi connectivity index (χ2v) is 7.46. The van der Waals surface area contributed by atoms with Gasteiger partial charge in [0.05, 0.1) is 7.11 Å². The maximum atomic E-state index is 13.2. The second kappa shape index (κ2) is 8.63. The van der Waals surface area contributed by atoms with Crippen LogP contribution >= 0.6 is 0 Å². The molecule has 1 aromatic carbocycles. The number of urea groups is 1. The van der Waals surface area contributed by atoms with Gasteiger partial charge in [0.1, 0.15) is 17.8 Å². The number of carbonyl (C=O) groups excluding carboxylic acids is 3. The minimum atomic E-state index is -1.14. The van der Waals surface area contributed by atoms with Crippen LogP contribution in [0.1, 0.15) is 51.0 Å². The van der Waals surface area contributed by atoms with Gasteiger partial charge in [0.25, 0.3) is 5.91 Å². The van der Waals surface area contributed by atoms with Crippen molar-refractivity contribution in [3.63, 3.8) is 0 Å². The highest BCUT2D eigenvalue weighted by Crippen LogP contribution is 2.33. The fraction of sp³-hybridized carbons (Fsp3) is 0.571. The molecule has 3 rings (SSSR count). The molecule has 2 fully saturated rings. The summed E-state index contributed by atoms with van der Waals surface area (Å²) >= 11 is 0. The quantitative estimate of drug-likeness (QED) is 0.788. The van der Waals surface area contributed by atoms with Crippen molar-refractivity contribution in [2.45, 2.75) is 51.0 Å². The van der Waals surface area contributed by atoms with Crippen molar-refractivity contribution in [3.05, 3.63) is 29.8 Å². The standard InChI is InChI=1S/C21H29N3O4/c1-3-21(16-9-11-17(28-2)12-10-16)19(26)24(20(27)22-21)15-18(25)23-13-7-5-4-6-8-14-23/h9-12H,3-8,13-15H2,1-2H3,(H,22,27)/t21-/m0/s1. The van der Waals surface area contributed by atoms with Crippen molar-refractivity contribution in [2.75, 3.05) is 26.7 Å². The van der Waals surface area contributed by atoms with E-state index in [0.717, 1.165) is 30.6 Å². The van der Waals surface area contributed by atoms with Crippen LogP contribution in [0.4, 0.5) is 4.79 Å². The minimum Gasteiger partial charge on any atom is -0.497 e. The highest BCUT2D eigenvalue weighted by Gasteiger charge is 2.51. The molecule has 152 valence electrons. The molecule has 0 saturated carbocycles. The summed E-state index contributed by atoms with van der Waals surface area (Å²) in [5, 5.41) is 2.83. The number of nitrogens with one attached hydrogen (secondary N) is 1. The number of amides is 4. The normalized spacial score (nSPS) is 23.2. The highest BCUT2D eigenvalue weighted by molar-refractivity contribution is 6.09. The molecule has 0 aromatic heterocycles. The van der Waals surface area contributed by atoms with Crippen molar-refractivity contribution in [1.29, 1.82) is 0 Å². The van der Waals surface area contributed by atoms with E-state index >= 15 is 0 Å². The first-order valence-electron chi connectivity index (χ1n) is 10.1. The topological polar surface area (TPSA) is 79.0 Å². The molecular weight excluding hydrogens is 358 g/mol. The number of benzene rings is 1. The smallest absolute Gasteiger partial charge is 0.325 e. The zero-order chi connectivity index (χ0) is 20.1. The average molecular weight is 387 g/mol. The predicted molar refractivity (Wildman–Crippen MR) is 105 cm³/mol. The van der Waals surface area contributed by atoms with Crippen molar-refractivity contribution in [2.24, 2.45) is 0 Å². The third-order valence-corrected chi connectivity index (χ3v) is 5.79. The van der Waals surface area contributed by atoms with E-state index in [2.05, 4.69) is 5.32 Å². The molecular formula is C21H29N3O4. The fourth-order valence-electron chi connectivity index (χ4n) is 4.02. The lowest BCUT2D eigenvalue weighted by molar-refractivity contribution is -0.139. The summed E-state index contributed by atoms with van der Waals surface area (Å²) in [4.78, 5) is 41.4. The maximum Gasteiger partial charge on any atom is 0.325 e. The molecule has 0 bridgehead atoms. The molecule has 0 aliphatic carbocycles. The molecule has 1 N–H and O–H groups in total. The maximum absolute atomic E-state index is 13.2. The minimum absolute atomic E-state index is 0.160. The summed E-state index contributed by atoms with van der Waals surface area (Å²) in [7, 11) is 1.57. The van der Waals surface area contributed by atoms with Crippen LogP contribution < -0.4 is 10.1 Å². The van der Waals surface area contributed by atoms with Gasteiger partial charge in [0, 0.05) is 13.1 Å². The SMILES string of the molecule is CC[C@@]1(c2ccc(OC)cc2)NC(=O)N(CC(=O)N2CCCCCCC2)C1=O. The number of hydrogen-bond donors (Lipinski definition) is 1. The second-order valence-electron chi connectivity index (χ2n) is 7.46. The number of methoxy groups -OCH3 is 1. The van der Waals surface area contributed by atoms with Crippen LogP contribution in [-0.2, 0) is 15.1 Å². The third kappa shape index (κ3) is 3.84. The number of likely N-dealkylation sites (tertiary alicyclic amines) is 1. The molecule has 4 amide bonds. The Kier molecular flexibility index (Phi) is 6.21. The number of nitrogens with zero attached hydrogens (tertiary/aromatic N) is 2. The zero-order valence-corrected chi connectivity index (χ0v) is 16.7. The van der Waals surface area contributed by atoms with Crippen molar-refractivity contribution < 1.29 is 19.1 Å². The molecule has 28 heavy (non-hydrogen) atoms. The van der Waals surface area contributed by atoms with Crippen LogP contribution in [0, 0.1) is 0 Å². The Labute approximate surface area is 166 Å². The van der Waals surface area contributed by atoms with Gasteiger partial charge in [-0.2, -0.15) is 0 Å². The summed E-state index contributed by atoms with van der Waals surface area (Å²) < 4.78 is 5.17. The van der Waals surface area contributed by atoms with Crippen LogP contribution in [0.5, 0.6) is 5.75 Å². The molecule has 0 unspecified atom stereocenters. The molecule has 0 radical (unpaired) electrons. The Balaban J connectivity index is 1.76. The van der Waals surface area contributed by atoms with Crippen LogP contribution in [0.25, 0.3) is 0 Å².